The van der Waals surface area contributed by atoms with Crippen molar-refractivity contribution in [1.29, 1.82) is 0 Å². The second kappa shape index (κ2) is 9.81. The standard InChI is InChI=1S/C44H38O/c1-43(2,3)30-19-21-34-35(25-30)40(28-13-8-7-9-14-28)33-20-18-31(44(4,5)6)26-36(33)41(34)29-17-22-38-37(24-29)42-32-15-11-10-12-27(32)16-23-39(42)45-38/h7-26H,1-6H3. The van der Waals surface area contributed by atoms with E-state index in [4.69, 9.17) is 4.42 Å². The molecule has 8 rings (SSSR count). The Kier molecular flexibility index (Phi) is 6.03. The Hall–Kier alpha value is -4.88. The highest BCUT2D eigenvalue weighted by Crippen LogP contribution is 2.47. The van der Waals surface area contributed by atoms with Gasteiger partial charge in [-0.3, -0.25) is 0 Å². The van der Waals surface area contributed by atoms with Gasteiger partial charge < -0.3 is 4.42 Å². The van der Waals surface area contributed by atoms with Gasteiger partial charge in [-0.25, -0.2) is 0 Å². The molecule has 1 aromatic heterocycles. The Balaban J connectivity index is 1.55. The maximum atomic E-state index is 6.42. The average molecular weight is 583 g/mol. The Morgan fingerprint density at radius 1 is 0.400 bits per heavy atom. The number of hydrogen-bond donors (Lipinski definition) is 0. The summed E-state index contributed by atoms with van der Waals surface area (Å²) >= 11 is 0. The predicted octanol–water partition coefficient (Wildman–Crippen LogP) is 13.0. The lowest BCUT2D eigenvalue weighted by Gasteiger charge is -2.25. The molecule has 0 atom stereocenters. The molecule has 0 saturated heterocycles. The zero-order valence-corrected chi connectivity index (χ0v) is 27.0. The van der Waals surface area contributed by atoms with E-state index in [0.717, 1.165) is 16.6 Å². The van der Waals surface area contributed by atoms with Crippen LogP contribution in [0.2, 0.25) is 0 Å². The molecule has 0 radical (unpaired) electrons. The van der Waals surface area contributed by atoms with Crippen LogP contribution in [0.25, 0.3) is 76.5 Å². The van der Waals surface area contributed by atoms with Gasteiger partial charge in [0, 0.05) is 10.8 Å². The summed E-state index contributed by atoms with van der Waals surface area (Å²) in [4.78, 5) is 0. The van der Waals surface area contributed by atoms with Crippen LogP contribution in [0.5, 0.6) is 0 Å². The van der Waals surface area contributed by atoms with Crippen molar-refractivity contribution in [1.82, 2.24) is 0 Å². The Bertz CT molecular complexity index is 2430. The fraction of sp³-hybridized carbons (Fsp3) is 0.182. The number of fused-ring (bicyclic) bond motifs is 7. The highest BCUT2D eigenvalue weighted by molar-refractivity contribution is 6.24. The Morgan fingerprint density at radius 2 is 0.978 bits per heavy atom. The monoisotopic (exact) mass is 582 g/mol. The summed E-state index contributed by atoms with van der Waals surface area (Å²) in [5, 5.41) is 9.94. The topological polar surface area (TPSA) is 13.1 Å². The fourth-order valence-corrected chi connectivity index (χ4v) is 7.09. The predicted molar refractivity (Wildman–Crippen MR) is 195 cm³/mol. The summed E-state index contributed by atoms with van der Waals surface area (Å²) < 4.78 is 6.42. The summed E-state index contributed by atoms with van der Waals surface area (Å²) in [5.41, 5.74) is 9.62. The van der Waals surface area contributed by atoms with Gasteiger partial charge in [0.1, 0.15) is 11.2 Å². The average Bonchev–Trinajstić information content (AvgIpc) is 3.41. The third-order valence-electron chi connectivity index (χ3n) is 9.56. The molecule has 0 N–H and O–H groups in total. The molecule has 220 valence electrons. The van der Waals surface area contributed by atoms with Crippen molar-refractivity contribution >= 4 is 54.3 Å². The minimum atomic E-state index is 0.0209. The van der Waals surface area contributed by atoms with Gasteiger partial charge in [0.25, 0.3) is 0 Å². The minimum absolute atomic E-state index is 0.0209. The molecule has 1 nitrogen and oxygen atoms in total. The quantitative estimate of drug-likeness (QED) is 0.185. The second-order valence-electron chi connectivity index (χ2n) is 14.6. The lowest BCUT2D eigenvalue weighted by atomic mass is 9.79. The second-order valence-corrected chi connectivity index (χ2v) is 14.6. The molecule has 45 heavy (non-hydrogen) atoms. The van der Waals surface area contributed by atoms with Crippen molar-refractivity contribution in [2.24, 2.45) is 0 Å². The highest BCUT2D eigenvalue weighted by Gasteiger charge is 2.23. The molecule has 0 aliphatic heterocycles. The number of benzene rings is 7. The van der Waals surface area contributed by atoms with Gasteiger partial charge in [-0.2, -0.15) is 0 Å². The van der Waals surface area contributed by atoms with E-state index in [9.17, 15) is 0 Å². The van der Waals surface area contributed by atoms with Crippen LogP contribution in [-0.2, 0) is 10.8 Å². The zero-order valence-electron chi connectivity index (χ0n) is 27.0. The normalized spacial score (nSPS) is 12.7. The molecule has 0 fully saturated rings. The van der Waals surface area contributed by atoms with Crippen molar-refractivity contribution in [3.8, 4) is 22.3 Å². The van der Waals surface area contributed by atoms with Crippen molar-refractivity contribution in [2.75, 3.05) is 0 Å². The summed E-state index contributed by atoms with van der Waals surface area (Å²) in [5.74, 6) is 0. The molecule has 1 heterocycles. The minimum Gasteiger partial charge on any atom is -0.456 e. The van der Waals surface area contributed by atoms with Crippen LogP contribution in [0, 0.1) is 0 Å². The van der Waals surface area contributed by atoms with Crippen LogP contribution in [0.3, 0.4) is 0 Å². The molecule has 0 unspecified atom stereocenters. The van der Waals surface area contributed by atoms with Gasteiger partial charge in [0.2, 0.25) is 0 Å². The van der Waals surface area contributed by atoms with E-state index >= 15 is 0 Å². The van der Waals surface area contributed by atoms with Crippen molar-refractivity contribution in [2.45, 2.75) is 52.4 Å². The van der Waals surface area contributed by atoms with Crippen LogP contribution in [0.4, 0.5) is 0 Å². The SMILES string of the molecule is CC(C)(C)c1ccc2c(-c3ccc4oc5ccc6ccccc6c5c4c3)c3cc(C(C)(C)C)ccc3c(-c3ccccc3)c2c1. The molecular formula is C44H38O. The van der Waals surface area contributed by atoms with E-state index < -0.39 is 0 Å². The first-order chi connectivity index (χ1) is 21.6. The van der Waals surface area contributed by atoms with E-state index in [1.54, 1.807) is 0 Å². The Morgan fingerprint density at radius 3 is 1.62 bits per heavy atom. The van der Waals surface area contributed by atoms with Crippen LogP contribution in [0.15, 0.2) is 126 Å². The number of rotatable bonds is 2. The summed E-state index contributed by atoms with van der Waals surface area (Å²) in [6.07, 6.45) is 0. The number of hydrogen-bond acceptors (Lipinski definition) is 1. The maximum absolute atomic E-state index is 6.42. The molecular weight excluding hydrogens is 544 g/mol. The Labute approximate surface area is 265 Å². The van der Waals surface area contributed by atoms with Crippen LogP contribution >= 0.6 is 0 Å². The molecule has 1 heteroatoms. The van der Waals surface area contributed by atoms with Crippen LogP contribution in [-0.4, -0.2) is 0 Å². The highest BCUT2D eigenvalue weighted by atomic mass is 16.3. The van der Waals surface area contributed by atoms with Gasteiger partial charge in [-0.15, -0.1) is 0 Å². The van der Waals surface area contributed by atoms with Gasteiger partial charge in [-0.1, -0.05) is 133 Å². The van der Waals surface area contributed by atoms with Gasteiger partial charge >= 0.3 is 0 Å². The first kappa shape index (κ1) is 27.7. The summed E-state index contributed by atoms with van der Waals surface area (Å²) in [7, 11) is 0. The number of furan rings is 1. The molecule has 7 aromatic carbocycles. The lowest BCUT2D eigenvalue weighted by Crippen LogP contribution is -2.11. The van der Waals surface area contributed by atoms with Crippen molar-refractivity contribution in [3.63, 3.8) is 0 Å². The molecule has 0 amide bonds. The van der Waals surface area contributed by atoms with E-state index in [1.165, 1.54) is 71.1 Å². The zero-order chi connectivity index (χ0) is 31.1. The van der Waals surface area contributed by atoms with Crippen molar-refractivity contribution < 1.29 is 4.42 Å². The molecule has 0 saturated carbocycles. The summed E-state index contributed by atoms with van der Waals surface area (Å²) in [6.45, 7) is 13.8. The third-order valence-corrected chi connectivity index (χ3v) is 9.56. The fourth-order valence-electron chi connectivity index (χ4n) is 7.09. The first-order valence-corrected chi connectivity index (χ1v) is 16.0. The lowest BCUT2D eigenvalue weighted by molar-refractivity contribution is 0.590. The van der Waals surface area contributed by atoms with E-state index in [0.29, 0.717) is 0 Å². The van der Waals surface area contributed by atoms with Gasteiger partial charge in [0.15, 0.2) is 0 Å². The van der Waals surface area contributed by atoms with Crippen LogP contribution in [0.1, 0.15) is 52.7 Å². The smallest absolute Gasteiger partial charge is 0.136 e. The molecule has 0 aliphatic carbocycles. The van der Waals surface area contributed by atoms with Gasteiger partial charge in [0.05, 0.1) is 0 Å². The van der Waals surface area contributed by atoms with Crippen molar-refractivity contribution in [3.05, 3.63) is 132 Å². The third kappa shape index (κ3) is 4.45. The van der Waals surface area contributed by atoms with Gasteiger partial charge in [-0.05, 0) is 107 Å². The molecule has 0 spiro atoms. The molecule has 8 aromatic rings. The van der Waals surface area contributed by atoms with E-state index in [-0.39, 0.29) is 10.8 Å². The molecule has 0 bridgehead atoms. The first-order valence-electron chi connectivity index (χ1n) is 16.0. The maximum Gasteiger partial charge on any atom is 0.136 e. The van der Waals surface area contributed by atoms with Crippen LogP contribution < -0.4 is 0 Å². The summed E-state index contributed by atoms with van der Waals surface area (Å²) in [6, 6.07) is 44.9. The largest absolute Gasteiger partial charge is 0.456 e. The molecule has 0 aliphatic rings. The van der Waals surface area contributed by atoms with E-state index in [2.05, 4.69) is 163 Å². The van der Waals surface area contributed by atoms with E-state index in [1.807, 2.05) is 0 Å².